The van der Waals surface area contributed by atoms with E-state index in [-0.39, 0.29) is 17.2 Å². The second-order valence-corrected chi connectivity index (χ2v) is 8.25. The molecule has 3 aromatic heterocycles. The summed E-state index contributed by atoms with van der Waals surface area (Å²) >= 11 is 0. The highest BCUT2D eigenvalue weighted by Gasteiger charge is 2.22. The lowest BCUT2D eigenvalue weighted by Gasteiger charge is -2.16. The molecule has 0 aliphatic rings. The Morgan fingerprint density at radius 1 is 1.08 bits per heavy atom. The fourth-order valence-corrected chi connectivity index (χ4v) is 3.62. The van der Waals surface area contributed by atoms with Crippen molar-refractivity contribution in [2.75, 3.05) is 24.7 Å². The van der Waals surface area contributed by atoms with Gasteiger partial charge in [0.1, 0.15) is 5.60 Å². The monoisotopic (exact) mass is 492 g/mol. The summed E-state index contributed by atoms with van der Waals surface area (Å²) in [5.74, 6) is 0.420. The first-order valence-electron chi connectivity index (χ1n) is 12.3. The number of carbonyl (C=O) groups excluding carboxylic acids is 1. The molecule has 36 heavy (non-hydrogen) atoms. The molecule has 0 spiro atoms. The second kappa shape index (κ2) is 9.96. The summed E-state index contributed by atoms with van der Waals surface area (Å²) in [6.45, 7) is 0.530. The summed E-state index contributed by atoms with van der Waals surface area (Å²) in [4.78, 5) is 21.4. The molecule has 4 N–H and O–H groups in total. The molecule has 0 bridgehead atoms. The number of aromatic nitrogens is 6. The average Bonchev–Trinajstić information content (AvgIpc) is 3.24. The predicted molar refractivity (Wildman–Crippen MR) is 134 cm³/mol. The molecular weight excluding hydrogens is 462 g/mol. The van der Waals surface area contributed by atoms with Crippen molar-refractivity contribution >= 4 is 28.9 Å². The molecule has 0 aliphatic heterocycles. The Bertz CT molecular complexity index is 1490. The lowest BCUT2D eigenvalue weighted by atomic mass is 10.1. The SMILES string of the molecule is [2H]C([2H])([2H])NC(=O)c1nnc(Nc2cc(C(C)(C)O)n(C)n2)cc1Nc1cccc(-c2ncccn2)c1OC. The van der Waals surface area contributed by atoms with E-state index in [4.69, 9.17) is 8.85 Å². The van der Waals surface area contributed by atoms with Crippen molar-refractivity contribution in [1.82, 2.24) is 35.3 Å². The van der Waals surface area contributed by atoms with Crippen LogP contribution in [0.2, 0.25) is 0 Å². The van der Waals surface area contributed by atoms with Gasteiger partial charge >= 0.3 is 0 Å². The average molecular weight is 493 g/mol. The summed E-state index contributed by atoms with van der Waals surface area (Å²) < 4.78 is 29.4. The van der Waals surface area contributed by atoms with Gasteiger partial charge in [-0.15, -0.1) is 10.2 Å². The third kappa shape index (κ3) is 5.08. The van der Waals surface area contributed by atoms with Crippen molar-refractivity contribution in [3.05, 3.63) is 60.2 Å². The fourth-order valence-electron chi connectivity index (χ4n) is 3.62. The molecule has 0 aliphatic carbocycles. The normalized spacial score (nSPS) is 12.8. The zero-order valence-corrected chi connectivity index (χ0v) is 20.1. The molecule has 0 radical (unpaired) electrons. The number of benzene rings is 1. The highest BCUT2D eigenvalue weighted by atomic mass is 16.5. The molecule has 1 amide bonds. The van der Waals surface area contributed by atoms with Gasteiger partial charge in [-0.3, -0.25) is 9.48 Å². The van der Waals surface area contributed by atoms with Crippen LogP contribution in [0.15, 0.2) is 48.8 Å². The maximum atomic E-state index is 12.8. The van der Waals surface area contributed by atoms with Crippen LogP contribution in [0.3, 0.4) is 0 Å². The number of ether oxygens (including phenoxy) is 1. The standard InChI is InChI=1S/C24H27N9O3/c1-24(2,35)17-13-19(32-33(17)4)29-18-12-16(20(31-30-18)23(34)25-3)28-15-9-6-8-14(21(15)36-5)22-26-10-7-11-27-22/h6-13,35H,1-5H3,(H,25,34)(H2,28,29,30,32)/i3D3. The molecule has 0 saturated heterocycles. The van der Waals surface area contributed by atoms with Crippen LogP contribution < -0.4 is 20.7 Å². The maximum Gasteiger partial charge on any atom is 0.273 e. The fraction of sp³-hybridized carbons (Fsp3) is 0.250. The van der Waals surface area contributed by atoms with Gasteiger partial charge in [0.25, 0.3) is 5.91 Å². The van der Waals surface area contributed by atoms with Gasteiger partial charge in [0.05, 0.1) is 29.7 Å². The van der Waals surface area contributed by atoms with Gasteiger partial charge in [-0.2, -0.15) is 5.10 Å². The Morgan fingerprint density at radius 2 is 1.86 bits per heavy atom. The van der Waals surface area contributed by atoms with E-state index in [2.05, 4.69) is 35.9 Å². The number of anilines is 4. The molecule has 186 valence electrons. The van der Waals surface area contributed by atoms with Crippen molar-refractivity contribution in [2.24, 2.45) is 7.05 Å². The van der Waals surface area contributed by atoms with Crippen LogP contribution in [0.25, 0.3) is 11.4 Å². The molecule has 12 heteroatoms. The van der Waals surface area contributed by atoms with E-state index in [1.54, 1.807) is 63.6 Å². The number of hydrogen-bond acceptors (Lipinski definition) is 10. The molecular formula is C24H27N9O3. The summed E-state index contributed by atoms with van der Waals surface area (Å²) in [6, 6.07) is 10.1. The van der Waals surface area contributed by atoms with Crippen LogP contribution in [0.1, 0.15) is 34.1 Å². The molecule has 0 atom stereocenters. The Hall–Kier alpha value is -4.58. The van der Waals surface area contributed by atoms with E-state index < -0.39 is 18.5 Å². The molecule has 0 unspecified atom stereocenters. The number of hydrogen-bond donors (Lipinski definition) is 4. The van der Waals surface area contributed by atoms with Crippen LogP contribution in [-0.4, -0.2) is 55.0 Å². The minimum absolute atomic E-state index is 0.136. The third-order valence-corrected chi connectivity index (χ3v) is 5.18. The van der Waals surface area contributed by atoms with Gasteiger partial charge in [-0.1, -0.05) is 6.07 Å². The Balaban J connectivity index is 1.75. The Morgan fingerprint density at radius 3 is 2.53 bits per heavy atom. The first-order valence-corrected chi connectivity index (χ1v) is 10.8. The smallest absolute Gasteiger partial charge is 0.273 e. The molecule has 1 aromatic carbocycles. The number of amides is 1. The summed E-state index contributed by atoms with van der Waals surface area (Å²) in [5, 5.41) is 30.7. The third-order valence-electron chi connectivity index (χ3n) is 5.18. The highest BCUT2D eigenvalue weighted by Crippen LogP contribution is 2.37. The van der Waals surface area contributed by atoms with Crippen LogP contribution in [0.4, 0.5) is 23.0 Å². The first kappa shape index (κ1) is 20.8. The Labute approximate surface area is 212 Å². The number of para-hydroxylation sites is 1. The van der Waals surface area contributed by atoms with Crippen molar-refractivity contribution in [2.45, 2.75) is 19.4 Å². The number of carbonyl (C=O) groups is 1. The topological polar surface area (TPSA) is 152 Å². The lowest BCUT2D eigenvalue weighted by Crippen LogP contribution is -2.21. The van der Waals surface area contributed by atoms with Crippen LogP contribution in [0.5, 0.6) is 5.75 Å². The van der Waals surface area contributed by atoms with Gasteiger partial charge in [0, 0.05) is 42.7 Å². The first-order chi connectivity index (χ1) is 18.4. The van der Waals surface area contributed by atoms with Crippen molar-refractivity contribution in [3.63, 3.8) is 0 Å². The minimum Gasteiger partial charge on any atom is -0.494 e. The van der Waals surface area contributed by atoms with Crippen molar-refractivity contribution in [3.8, 4) is 17.1 Å². The second-order valence-electron chi connectivity index (χ2n) is 8.25. The molecule has 4 rings (SSSR count). The predicted octanol–water partition coefficient (Wildman–Crippen LogP) is 2.75. The summed E-state index contributed by atoms with van der Waals surface area (Å²) in [7, 11) is 3.17. The number of aliphatic hydroxyl groups is 1. The largest absolute Gasteiger partial charge is 0.494 e. The van der Waals surface area contributed by atoms with Crippen molar-refractivity contribution in [1.29, 1.82) is 0 Å². The zero-order valence-electron chi connectivity index (χ0n) is 23.1. The lowest BCUT2D eigenvalue weighted by molar-refractivity contribution is 0.0695. The molecule has 12 nitrogen and oxygen atoms in total. The minimum atomic E-state index is -2.74. The molecule has 3 heterocycles. The summed E-state index contributed by atoms with van der Waals surface area (Å²) in [6.07, 6.45) is 3.20. The number of nitrogens with one attached hydrogen (secondary N) is 3. The summed E-state index contributed by atoms with van der Waals surface area (Å²) in [5.41, 5.74) is 0.308. The highest BCUT2D eigenvalue weighted by molar-refractivity contribution is 5.99. The van der Waals surface area contributed by atoms with Gasteiger partial charge in [0.2, 0.25) is 0 Å². The van der Waals surface area contributed by atoms with Gasteiger partial charge in [0.15, 0.2) is 28.9 Å². The number of nitrogens with zero attached hydrogens (tertiary/aromatic N) is 6. The Kier molecular flexibility index (Phi) is 5.74. The van der Waals surface area contributed by atoms with E-state index >= 15 is 0 Å². The van der Waals surface area contributed by atoms with E-state index in [1.165, 1.54) is 17.9 Å². The molecule has 4 aromatic rings. The van der Waals surface area contributed by atoms with Gasteiger partial charge in [-0.05, 0) is 32.0 Å². The van der Waals surface area contributed by atoms with Crippen LogP contribution in [0, 0.1) is 0 Å². The molecule has 0 fully saturated rings. The number of rotatable bonds is 8. The van der Waals surface area contributed by atoms with E-state index in [0.717, 1.165) is 0 Å². The number of aryl methyl sites for hydroxylation is 1. The van der Waals surface area contributed by atoms with E-state index in [9.17, 15) is 9.90 Å². The van der Waals surface area contributed by atoms with E-state index in [1.807, 2.05) is 5.32 Å². The van der Waals surface area contributed by atoms with Gasteiger partial charge in [-0.25, -0.2) is 9.97 Å². The van der Waals surface area contributed by atoms with E-state index in [0.29, 0.717) is 34.3 Å². The quantitative estimate of drug-likeness (QED) is 0.289. The van der Waals surface area contributed by atoms with Gasteiger partial charge < -0.3 is 25.8 Å². The van der Waals surface area contributed by atoms with Crippen molar-refractivity contribution < 1.29 is 18.8 Å². The maximum absolute atomic E-state index is 12.8. The number of methoxy groups -OCH3 is 1. The van der Waals surface area contributed by atoms with Crippen LogP contribution >= 0.6 is 0 Å². The van der Waals surface area contributed by atoms with Crippen LogP contribution in [-0.2, 0) is 12.6 Å². The molecule has 0 saturated carbocycles. The zero-order chi connectivity index (χ0) is 28.4.